The highest BCUT2D eigenvalue weighted by atomic mass is 31.2. The molecule has 0 aliphatic rings. The van der Waals surface area contributed by atoms with E-state index in [4.69, 9.17) is 14.8 Å². The molecule has 0 saturated heterocycles. The van der Waals surface area contributed by atoms with Crippen molar-refractivity contribution in [1.82, 2.24) is 0 Å². The summed E-state index contributed by atoms with van der Waals surface area (Å²) < 4.78 is 20.9. The quantitative estimate of drug-likeness (QED) is 0.341. The standard InChI is InChI=1S/C10H23O4P.C7H17N/c1-3-5-7-9-13-15(11,12)14-10-8-6-4-2;1-4-7(8,5-2)6-3/h3-10H2,1-2H3,(H,11,12);4-6,8H2,1-3H3. The van der Waals surface area contributed by atoms with Gasteiger partial charge in [0.1, 0.15) is 0 Å². The molecule has 0 aromatic carbocycles. The van der Waals surface area contributed by atoms with Gasteiger partial charge in [-0.2, -0.15) is 0 Å². The molecule has 0 heterocycles. The summed E-state index contributed by atoms with van der Waals surface area (Å²) in [6.45, 7) is 11.2. The molecule has 0 aromatic heterocycles. The smallest absolute Gasteiger partial charge is 0.325 e. The van der Waals surface area contributed by atoms with Crippen LogP contribution in [0.25, 0.3) is 0 Å². The van der Waals surface area contributed by atoms with E-state index in [-0.39, 0.29) is 5.54 Å². The minimum atomic E-state index is -3.77. The first-order chi connectivity index (χ1) is 10.8. The molecule has 0 unspecified atom stereocenters. The van der Waals surface area contributed by atoms with Gasteiger partial charge in [-0.15, -0.1) is 0 Å². The zero-order valence-electron chi connectivity index (χ0n) is 16.0. The Balaban J connectivity index is 0. The molecule has 0 aliphatic carbocycles. The largest absolute Gasteiger partial charge is 0.472 e. The Morgan fingerprint density at radius 1 is 0.826 bits per heavy atom. The third-order valence-corrected chi connectivity index (χ3v) is 5.13. The lowest BCUT2D eigenvalue weighted by molar-refractivity contribution is 0.145. The highest BCUT2D eigenvalue weighted by Gasteiger charge is 2.19. The van der Waals surface area contributed by atoms with E-state index in [2.05, 4.69) is 34.6 Å². The lowest BCUT2D eigenvalue weighted by Gasteiger charge is -2.23. The average Bonchev–Trinajstić information content (AvgIpc) is 2.55. The number of phosphoric acid groups is 1. The molecule has 0 amide bonds. The number of rotatable bonds is 13. The molecule has 0 spiro atoms. The van der Waals surface area contributed by atoms with Gasteiger partial charge in [-0.3, -0.25) is 9.05 Å². The van der Waals surface area contributed by atoms with Crippen LogP contribution in [0.4, 0.5) is 0 Å². The monoisotopic (exact) mass is 353 g/mol. The summed E-state index contributed by atoms with van der Waals surface area (Å²) in [6, 6.07) is 0. The predicted octanol–water partition coefficient (Wildman–Crippen LogP) is 5.41. The van der Waals surface area contributed by atoms with E-state index in [9.17, 15) is 9.46 Å². The lowest BCUT2D eigenvalue weighted by atomic mass is 9.92. The molecule has 0 rings (SSSR count). The summed E-state index contributed by atoms with van der Waals surface area (Å²) in [4.78, 5) is 9.22. The maximum atomic E-state index is 11.3. The van der Waals surface area contributed by atoms with Crippen LogP contribution >= 0.6 is 7.82 Å². The zero-order chi connectivity index (χ0) is 18.2. The summed E-state index contributed by atoms with van der Waals surface area (Å²) >= 11 is 0. The SMILES string of the molecule is CCC(N)(CC)CC.CCCCCOP(=O)(O)OCCCCC. The topological polar surface area (TPSA) is 81.8 Å². The van der Waals surface area contributed by atoms with Crippen LogP contribution in [0.15, 0.2) is 0 Å². The maximum Gasteiger partial charge on any atom is 0.472 e. The highest BCUT2D eigenvalue weighted by Crippen LogP contribution is 2.43. The minimum absolute atomic E-state index is 0.125. The number of phosphoric ester groups is 1. The van der Waals surface area contributed by atoms with Crippen molar-refractivity contribution in [3.05, 3.63) is 0 Å². The molecule has 0 bridgehead atoms. The summed E-state index contributed by atoms with van der Waals surface area (Å²) in [5.74, 6) is 0. The van der Waals surface area contributed by atoms with Gasteiger partial charge >= 0.3 is 7.82 Å². The van der Waals surface area contributed by atoms with E-state index in [1.807, 2.05) is 0 Å². The zero-order valence-corrected chi connectivity index (χ0v) is 16.9. The van der Waals surface area contributed by atoms with Crippen molar-refractivity contribution < 1.29 is 18.5 Å². The van der Waals surface area contributed by atoms with Gasteiger partial charge < -0.3 is 10.6 Å². The van der Waals surface area contributed by atoms with Crippen LogP contribution in [0.3, 0.4) is 0 Å². The summed E-state index contributed by atoms with van der Waals surface area (Å²) in [5, 5.41) is 0. The second-order valence-electron chi connectivity index (χ2n) is 5.97. The van der Waals surface area contributed by atoms with Crippen molar-refractivity contribution in [1.29, 1.82) is 0 Å². The van der Waals surface area contributed by atoms with Gasteiger partial charge in [0, 0.05) is 5.54 Å². The van der Waals surface area contributed by atoms with Crippen molar-refractivity contribution in [2.75, 3.05) is 13.2 Å². The predicted molar refractivity (Wildman–Crippen MR) is 98.6 cm³/mol. The Hall–Kier alpha value is 0.0700. The maximum absolute atomic E-state index is 11.3. The molecule has 0 fully saturated rings. The minimum Gasteiger partial charge on any atom is -0.325 e. The van der Waals surface area contributed by atoms with Gasteiger partial charge in [-0.1, -0.05) is 60.3 Å². The Kier molecular flexibility index (Phi) is 17.2. The van der Waals surface area contributed by atoms with E-state index in [1.54, 1.807) is 0 Å². The van der Waals surface area contributed by atoms with Crippen LogP contribution in [0.1, 0.15) is 92.4 Å². The van der Waals surface area contributed by atoms with Gasteiger partial charge in [0.05, 0.1) is 13.2 Å². The number of unbranched alkanes of at least 4 members (excludes halogenated alkanes) is 4. The third kappa shape index (κ3) is 16.7. The average molecular weight is 353 g/mol. The van der Waals surface area contributed by atoms with Gasteiger partial charge in [0.2, 0.25) is 0 Å². The van der Waals surface area contributed by atoms with Crippen LogP contribution in [0.5, 0.6) is 0 Å². The normalized spacial score (nSPS) is 12.0. The first-order valence-corrected chi connectivity index (χ1v) is 10.7. The second-order valence-corrected chi connectivity index (χ2v) is 7.43. The molecule has 0 aliphatic heterocycles. The number of hydrogen-bond donors (Lipinski definition) is 2. The van der Waals surface area contributed by atoms with Gasteiger partial charge in [-0.05, 0) is 32.1 Å². The van der Waals surface area contributed by atoms with Crippen molar-refractivity contribution in [3.8, 4) is 0 Å². The molecule has 6 heteroatoms. The molecular formula is C17H40NO4P. The molecule has 0 radical (unpaired) electrons. The third-order valence-electron chi connectivity index (χ3n) is 4.12. The Morgan fingerprint density at radius 2 is 1.17 bits per heavy atom. The Labute approximate surface area is 143 Å². The second kappa shape index (κ2) is 15.6. The van der Waals surface area contributed by atoms with Crippen molar-refractivity contribution >= 4 is 7.82 Å². The fourth-order valence-electron chi connectivity index (χ4n) is 1.85. The van der Waals surface area contributed by atoms with Crippen molar-refractivity contribution in [2.24, 2.45) is 5.73 Å². The summed E-state index contributed by atoms with van der Waals surface area (Å²) in [6.07, 6.45) is 9.05. The highest BCUT2D eigenvalue weighted by molar-refractivity contribution is 7.47. The first-order valence-electron chi connectivity index (χ1n) is 9.21. The number of nitrogens with two attached hydrogens (primary N) is 1. The van der Waals surface area contributed by atoms with E-state index < -0.39 is 7.82 Å². The summed E-state index contributed by atoms with van der Waals surface area (Å²) in [7, 11) is -3.77. The van der Waals surface area contributed by atoms with Gasteiger partial charge in [0.25, 0.3) is 0 Å². The van der Waals surface area contributed by atoms with E-state index in [1.165, 1.54) is 0 Å². The fourth-order valence-corrected chi connectivity index (χ4v) is 2.65. The van der Waals surface area contributed by atoms with E-state index in [0.717, 1.165) is 57.8 Å². The van der Waals surface area contributed by atoms with E-state index in [0.29, 0.717) is 13.2 Å². The van der Waals surface area contributed by atoms with Crippen LogP contribution < -0.4 is 5.73 Å². The van der Waals surface area contributed by atoms with Gasteiger partial charge in [0.15, 0.2) is 0 Å². The van der Waals surface area contributed by atoms with E-state index >= 15 is 0 Å². The Bertz CT molecular complexity index is 272. The Morgan fingerprint density at radius 3 is 1.39 bits per heavy atom. The van der Waals surface area contributed by atoms with Crippen molar-refractivity contribution in [3.63, 3.8) is 0 Å². The molecule has 142 valence electrons. The molecule has 23 heavy (non-hydrogen) atoms. The van der Waals surface area contributed by atoms with Crippen LogP contribution in [0.2, 0.25) is 0 Å². The van der Waals surface area contributed by atoms with Crippen LogP contribution in [-0.4, -0.2) is 23.6 Å². The molecule has 0 aromatic rings. The molecule has 5 nitrogen and oxygen atoms in total. The van der Waals surface area contributed by atoms with Crippen LogP contribution in [0, 0.1) is 0 Å². The molecule has 0 saturated carbocycles. The fraction of sp³-hybridized carbons (Fsp3) is 1.00. The summed E-state index contributed by atoms with van der Waals surface area (Å²) in [5.41, 5.74) is 6.02. The molecule has 3 N–H and O–H groups in total. The molecular weight excluding hydrogens is 313 g/mol. The van der Waals surface area contributed by atoms with Gasteiger partial charge in [-0.25, -0.2) is 4.57 Å². The number of hydrogen-bond acceptors (Lipinski definition) is 4. The lowest BCUT2D eigenvalue weighted by Crippen LogP contribution is -2.37. The molecule has 0 atom stereocenters. The van der Waals surface area contributed by atoms with Crippen molar-refractivity contribution in [2.45, 2.75) is 97.9 Å². The van der Waals surface area contributed by atoms with Crippen LogP contribution in [-0.2, 0) is 13.6 Å². The first kappa shape index (κ1) is 25.3.